The maximum Gasteiger partial charge on any atom is 0.408 e. The lowest BCUT2D eigenvalue weighted by atomic mass is 9.83. The molecule has 4 rings (SSSR count). The van der Waals surface area contributed by atoms with Crippen LogP contribution >= 0.6 is 0 Å². The summed E-state index contributed by atoms with van der Waals surface area (Å²) in [6, 6.07) is 18.4. The van der Waals surface area contributed by atoms with Gasteiger partial charge in [0.2, 0.25) is 5.91 Å². The van der Waals surface area contributed by atoms with Gasteiger partial charge >= 0.3 is 12.1 Å². The van der Waals surface area contributed by atoms with Gasteiger partial charge in [0.05, 0.1) is 0 Å². The summed E-state index contributed by atoms with van der Waals surface area (Å²) in [4.78, 5) is 50.4. The van der Waals surface area contributed by atoms with Crippen molar-refractivity contribution >= 4 is 23.9 Å². The number of cyclic esters (lactones) is 1. The molecule has 2 aromatic carbocycles. The van der Waals surface area contributed by atoms with Crippen LogP contribution < -0.4 is 16.0 Å². The number of esters is 1. The Labute approximate surface area is 248 Å². The van der Waals surface area contributed by atoms with Gasteiger partial charge in [-0.25, -0.2) is 4.79 Å². The van der Waals surface area contributed by atoms with Gasteiger partial charge in [-0.2, -0.15) is 0 Å². The molecule has 226 valence electrons. The summed E-state index contributed by atoms with van der Waals surface area (Å²) in [5.74, 6) is -0.912. The number of hydrogen-bond donors (Lipinski definition) is 3. The van der Waals surface area contributed by atoms with Gasteiger partial charge in [0.25, 0.3) is 5.91 Å². The number of amides is 3. The highest BCUT2D eigenvalue weighted by atomic mass is 16.6. The van der Waals surface area contributed by atoms with Crippen LogP contribution in [0.15, 0.2) is 60.7 Å². The van der Waals surface area contributed by atoms with Gasteiger partial charge in [-0.05, 0) is 55.1 Å². The summed E-state index contributed by atoms with van der Waals surface area (Å²) in [7, 11) is 0. The van der Waals surface area contributed by atoms with Crippen molar-refractivity contribution < 1.29 is 28.7 Å². The summed E-state index contributed by atoms with van der Waals surface area (Å²) < 4.78 is 10.5. The number of benzene rings is 2. The van der Waals surface area contributed by atoms with Crippen molar-refractivity contribution in [2.24, 2.45) is 23.7 Å². The van der Waals surface area contributed by atoms with Gasteiger partial charge in [0.15, 0.2) is 6.10 Å². The second kappa shape index (κ2) is 14.3. The molecule has 0 radical (unpaired) electrons. The smallest absolute Gasteiger partial charge is 0.408 e. The van der Waals surface area contributed by atoms with E-state index in [-0.39, 0.29) is 54.2 Å². The third-order valence-electron chi connectivity index (χ3n) is 8.69. The lowest BCUT2D eigenvalue weighted by Gasteiger charge is -2.37. The quantitative estimate of drug-likeness (QED) is 0.290. The molecular formula is C33H43N3O6. The minimum absolute atomic E-state index is 0.0379. The van der Waals surface area contributed by atoms with Crippen LogP contribution in [0, 0.1) is 23.7 Å². The van der Waals surface area contributed by atoms with E-state index in [0.717, 1.165) is 24.8 Å². The van der Waals surface area contributed by atoms with E-state index in [0.29, 0.717) is 6.42 Å². The fourth-order valence-electron chi connectivity index (χ4n) is 5.60. The van der Waals surface area contributed by atoms with Crippen LogP contribution in [0.5, 0.6) is 0 Å². The summed E-state index contributed by atoms with van der Waals surface area (Å²) in [6.07, 6.45) is 1.68. The molecule has 0 bridgehead atoms. The highest BCUT2D eigenvalue weighted by molar-refractivity contribution is 5.94. The van der Waals surface area contributed by atoms with E-state index in [4.69, 9.17) is 9.47 Å². The first-order valence-electron chi connectivity index (χ1n) is 15.0. The average molecular weight is 578 g/mol. The van der Waals surface area contributed by atoms with Crippen molar-refractivity contribution in [2.45, 2.75) is 84.2 Å². The highest BCUT2D eigenvalue weighted by Crippen LogP contribution is 2.41. The Morgan fingerprint density at radius 3 is 2.21 bits per heavy atom. The fraction of sp³-hybridized carbons (Fsp3) is 0.515. The second-order valence-corrected chi connectivity index (χ2v) is 11.7. The van der Waals surface area contributed by atoms with Crippen LogP contribution in [0.2, 0.25) is 0 Å². The zero-order chi connectivity index (χ0) is 30.2. The first-order chi connectivity index (χ1) is 20.2. The van der Waals surface area contributed by atoms with Crippen LogP contribution in [-0.4, -0.2) is 48.1 Å². The molecule has 0 spiro atoms. The number of aryl methyl sites for hydroxylation is 1. The van der Waals surface area contributed by atoms with E-state index in [2.05, 4.69) is 35.0 Å². The van der Waals surface area contributed by atoms with E-state index in [1.54, 1.807) is 6.92 Å². The third kappa shape index (κ3) is 8.11. The lowest BCUT2D eigenvalue weighted by molar-refractivity contribution is -0.193. The van der Waals surface area contributed by atoms with Gasteiger partial charge in [-0.15, -0.1) is 0 Å². The minimum Gasteiger partial charge on any atom is -0.451 e. The number of rotatable bonds is 14. The molecule has 9 nitrogen and oxygen atoms in total. The molecule has 3 amide bonds. The van der Waals surface area contributed by atoms with E-state index in [9.17, 15) is 19.2 Å². The van der Waals surface area contributed by atoms with Crippen molar-refractivity contribution in [3.8, 4) is 0 Å². The number of nitrogens with one attached hydrogen (secondary N) is 3. The van der Waals surface area contributed by atoms with Crippen molar-refractivity contribution in [1.82, 2.24) is 16.0 Å². The Balaban J connectivity index is 1.32. The number of carbonyl (C=O) groups excluding carboxylic acids is 4. The van der Waals surface area contributed by atoms with Crippen LogP contribution in [0.3, 0.4) is 0 Å². The van der Waals surface area contributed by atoms with E-state index in [1.807, 2.05) is 62.4 Å². The van der Waals surface area contributed by atoms with Gasteiger partial charge in [-0.1, -0.05) is 87.9 Å². The first-order valence-corrected chi connectivity index (χ1v) is 15.0. The molecule has 0 aromatic heterocycles. The monoisotopic (exact) mass is 577 g/mol. The van der Waals surface area contributed by atoms with Crippen LogP contribution in [0.25, 0.3) is 0 Å². The van der Waals surface area contributed by atoms with Gasteiger partial charge < -0.3 is 25.4 Å². The van der Waals surface area contributed by atoms with Crippen molar-refractivity contribution in [2.75, 3.05) is 0 Å². The molecule has 2 aliphatic rings. The molecule has 8 atom stereocenters. The highest BCUT2D eigenvalue weighted by Gasteiger charge is 2.52. The normalized spacial score (nSPS) is 23.7. The maximum absolute atomic E-state index is 13.2. The van der Waals surface area contributed by atoms with Crippen molar-refractivity contribution in [1.29, 1.82) is 0 Å². The number of hydrogen-bond acceptors (Lipinski definition) is 6. The zero-order valence-electron chi connectivity index (χ0n) is 24.9. The Bertz CT molecular complexity index is 1220. The number of alkyl carbamates (subject to hydrolysis) is 1. The number of ether oxygens (including phenoxy) is 2. The van der Waals surface area contributed by atoms with Crippen LogP contribution in [0.1, 0.15) is 58.1 Å². The van der Waals surface area contributed by atoms with E-state index >= 15 is 0 Å². The average Bonchev–Trinajstić information content (AvgIpc) is 3.76. The Morgan fingerprint density at radius 1 is 0.952 bits per heavy atom. The predicted molar refractivity (Wildman–Crippen MR) is 158 cm³/mol. The SMILES string of the molecule is CCC(C)[C@@H]1C(=O)O[C@H]1C(=O)N[C@H]1C[C@H]1[C@@H](C)[C@@H](CCc1ccccc1)NC(=O)[C@H](C)NC(=O)OCc1ccccc1. The largest absolute Gasteiger partial charge is 0.451 e. The number of carbonyl (C=O) groups is 4. The molecule has 9 heteroatoms. The van der Waals surface area contributed by atoms with E-state index < -0.39 is 24.2 Å². The predicted octanol–water partition coefficient (Wildman–Crippen LogP) is 4.15. The molecule has 42 heavy (non-hydrogen) atoms. The zero-order valence-corrected chi connectivity index (χ0v) is 24.9. The van der Waals surface area contributed by atoms with Crippen molar-refractivity contribution in [3.63, 3.8) is 0 Å². The minimum atomic E-state index is -0.791. The van der Waals surface area contributed by atoms with Gasteiger partial charge in [0.1, 0.15) is 18.6 Å². The topological polar surface area (TPSA) is 123 Å². The first kappa shape index (κ1) is 31.1. The fourth-order valence-corrected chi connectivity index (χ4v) is 5.60. The third-order valence-corrected chi connectivity index (χ3v) is 8.69. The molecule has 1 aliphatic heterocycles. The maximum atomic E-state index is 13.2. The Kier molecular flexibility index (Phi) is 10.6. The summed E-state index contributed by atoms with van der Waals surface area (Å²) in [6.45, 7) is 7.80. The summed E-state index contributed by atoms with van der Waals surface area (Å²) >= 11 is 0. The molecule has 1 saturated heterocycles. The Hall–Kier alpha value is -3.88. The van der Waals surface area contributed by atoms with Gasteiger partial charge in [0, 0.05) is 12.1 Å². The van der Waals surface area contributed by atoms with E-state index in [1.165, 1.54) is 5.56 Å². The lowest BCUT2D eigenvalue weighted by Crippen LogP contribution is -2.56. The molecule has 1 aliphatic carbocycles. The van der Waals surface area contributed by atoms with Crippen LogP contribution in [-0.2, 0) is 36.9 Å². The van der Waals surface area contributed by atoms with Crippen molar-refractivity contribution in [3.05, 3.63) is 71.8 Å². The standard InChI is InChI=1S/C33H43N3O6/c1-5-20(2)28-29(42-32(28)39)31(38)36-27-18-25(27)21(3)26(17-16-23-12-8-6-9-13-23)35-30(37)22(4)34-33(40)41-19-24-14-10-7-11-15-24/h6-15,20-22,25-29H,5,16-19H2,1-4H3,(H,34,40)(H,35,37)(H,36,38)/t20?,21-,22+,25+,26-,27+,28+,29-/m1/s1. The summed E-state index contributed by atoms with van der Waals surface area (Å²) in [5, 5.41) is 8.85. The molecule has 2 aromatic rings. The molecule has 3 N–H and O–H groups in total. The molecule has 1 saturated carbocycles. The molecular weight excluding hydrogens is 534 g/mol. The summed E-state index contributed by atoms with van der Waals surface area (Å²) in [5.41, 5.74) is 2.03. The second-order valence-electron chi connectivity index (χ2n) is 11.7. The van der Waals surface area contributed by atoms with Crippen LogP contribution in [0.4, 0.5) is 4.79 Å². The molecule has 1 unspecified atom stereocenters. The Morgan fingerprint density at radius 2 is 1.60 bits per heavy atom. The molecule has 1 heterocycles. The van der Waals surface area contributed by atoms with Gasteiger partial charge in [-0.3, -0.25) is 14.4 Å². The molecule has 2 fully saturated rings.